The molecule has 0 bridgehead atoms. The predicted octanol–water partition coefficient (Wildman–Crippen LogP) is 3.63. The second kappa shape index (κ2) is 6.77. The molecule has 5 heteroatoms. The Bertz CT molecular complexity index is 558. The lowest BCUT2D eigenvalue weighted by Gasteiger charge is -2.08. The van der Waals surface area contributed by atoms with Crippen LogP contribution in [0, 0.1) is 13.8 Å². The number of nitrogens with one attached hydrogen (secondary N) is 1. The molecule has 0 amide bonds. The molecule has 0 aliphatic carbocycles. The second-order valence-corrected chi connectivity index (χ2v) is 5.10. The monoisotopic (exact) mass is 294 g/mol. The van der Waals surface area contributed by atoms with Crippen molar-refractivity contribution in [2.24, 2.45) is 0 Å². The number of nitrogens with zero attached hydrogens (tertiary/aromatic N) is 1. The number of benzene rings is 1. The van der Waals surface area contributed by atoms with E-state index in [1.165, 1.54) is 0 Å². The Labute approximate surface area is 124 Å². The highest BCUT2D eigenvalue weighted by atomic mass is 35.5. The molecule has 1 heterocycles. The van der Waals surface area contributed by atoms with Crippen LogP contribution in [0.3, 0.4) is 0 Å². The molecule has 0 saturated carbocycles. The summed E-state index contributed by atoms with van der Waals surface area (Å²) in [6, 6.07) is 5.74. The van der Waals surface area contributed by atoms with Crippen LogP contribution < -0.4 is 10.1 Å². The number of hydrogen-bond donors (Lipinski definition) is 1. The van der Waals surface area contributed by atoms with E-state index in [-0.39, 0.29) is 0 Å². The van der Waals surface area contributed by atoms with Gasteiger partial charge in [0.2, 0.25) is 0 Å². The normalized spacial score (nSPS) is 10.8. The van der Waals surface area contributed by atoms with Gasteiger partial charge < -0.3 is 14.6 Å². The summed E-state index contributed by atoms with van der Waals surface area (Å²) in [7, 11) is 0. The van der Waals surface area contributed by atoms with Crippen LogP contribution in [0.2, 0.25) is 5.02 Å². The maximum Gasteiger partial charge on any atom is 0.174 e. The van der Waals surface area contributed by atoms with Crippen LogP contribution in [0.5, 0.6) is 5.75 Å². The van der Waals surface area contributed by atoms with Crippen molar-refractivity contribution in [3.8, 4) is 5.75 Å². The highest BCUT2D eigenvalue weighted by molar-refractivity contribution is 6.32. The van der Waals surface area contributed by atoms with Crippen molar-refractivity contribution in [2.45, 2.75) is 33.9 Å². The quantitative estimate of drug-likeness (QED) is 0.884. The van der Waals surface area contributed by atoms with Crippen LogP contribution in [0.15, 0.2) is 22.7 Å². The van der Waals surface area contributed by atoms with E-state index >= 15 is 0 Å². The van der Waals surface area contributed by atoms with Crippen molar-refractivity contribution in [2.75, 3.05) is 6.54 Å². The Hall–Kier alpha value is -1.52. The minimum atomic E-state index is 0.361. The summed E-state index contributed by atoms with van der Waals surface area (Å²) >= 11 is 6.13. The van der Waals surface area contributed by atoms with E-state index in [4.69, 9.17) is 20.9 Å². The lowest BCUT2D eigenvalue weighted by Crippen LogP contribution is -2.11. The molecule has 0 unspecified atom stereocenters. The SMILES string of the molecule is CCNCc1cc(COc2cc(C)c(Cl)c(C)c2)on1. The van der Waals surface area contributed by atoms with Crippen LogP contribution in [0.25, 0.3) is 0 Å². The topological polar surface area (TPSA) is 47.3 Å². The van der Waals surface area contributed by atoms with E-state index in [0.717, 1.165) is 34.1 Å². The third-order valence-electron chi connectivity index (χ3n) is 2.95. The van der Waals surface area contributed by atoms with Crippen LogP contribution in [0.4, 0.5) is 0 Å². The molecule has 0 aliphatic rings. The van der Waals surface area contributed by atoms with E-state index in [0.29, 0.717) is 18.9 Å². The first-order valence-electron chi connectivity index (χ1n) is 6.65. The molecule has 0 spiro atoms. The predicted molar refractivity (Wildman–Crippen MR) is 79.1 cm³/mol. The van der Waals surface area contributed by atoms with E-state index in [9.17, 15) is 0 Å². The summed E-state index contributed by atoms with van der Waals surface area (Å²) in [5, 5.41) is 7.95. The number of ether oxygens (including phenoxy) is 1. The van der Waals surface area contributed by atoms with Gasteiger partial charge in [0.25, 0.3) is 0 Å². The zero-order valence-corrected chi connectivity index (χ0v) is 12.8. The minimum Gasteiger partial charge on any atom is -0.486 e. The van der Waals surface area contributed by atoms with Gasteiger partial charge >= 0.3 is 0 Å². The van der Waals surface area contributed by atoms with Gasteiger partial charge in [-0.25, -0.2) is 0 Å². The molecule has 2 aromatic rings. The molecule has 20 heavy (non-hydrogen) atoms. The molecule has 4 nitrogen and oxygen atoms in total. The molecular formula is C15H19ClN2O2. The van der Waals surface area contributed by atoms with Crippen LogP contribution in [-0.2, 0) is 13.2 Å². The molecule has 0 aliphatic heterocycles. The minimum absolute atomic E-state index is 0.361. The van der Waals surface area contributed by atoms with Gasteiger partial charge in [-0.05, 0) is 43.7 Å². The largest absolute Gasteiger partial charge is 0.486 e. The maximum atomic E-state index is 6.13. The van der Waals surface area contributed by atoms with Crippen molar-refractivity contribution in [3.05, 3.63) is 45.8 Å². The summed E-state index contributed by atoms with van der Waals surface area (Å²) in [5.74, 6) is 1.50. The molecule has 1 N–H and O–H groups in total. The van der Waals surface area contributed by atoms with Crippen LogP contribution in [0.1, 0.15) is 29.5 Å². The van der Waals surface area contributed by atoms with Crippen molar-refractivity contribution >= 4 is 11.6 Å². The van der Waals surface area contributed by atoms with Crippen LogP contribution >= 0.6 is 11.6 Å². The van der Waals surface area contributed by atoms with Gasteiger partial charge in [-0.3, -0.25) is 0 Å². The first-order chi connectivity index (χ1) is 9.60. The maximum absolute atomic E-state index is 6.13. The lowest BCUT2D eigenvalue weighted by molar-refractivity contribution is 0.248. The van der Waals surface area contributed by atoms with Crippen molar-refractivity contribution in [1.82, 2.24) is 10.5 Å². The number of aryl methyl sites for hydroxylation is 2. The molecule has 108 valence electrons. The van der Waals surface area contributed by atoms with E-state index in [1.807, 2.05) is 32.0 Å². The fourth-order valence-electron chi connectivity index (χ4n) is 1.90. The van der Waals surface area contributed by atoms with Gasteiger partial charge in [-0.15, -0.1) is 0 Å². The van der Waals surface area contributed by atoms with Gasteiger partial charge in [0.05, 0.1) is 5.69 Å². The first kappa shape index (κ1) is 14.9. The smallest absolute Gasteiger partial charge is 0.174 e. The fraction of sp³-hybridized carbons (Fsp3) is 0.400. The summed E-state index contributed by atoms with van der Waals surface area (Å²) in [6.45, 7) is 7.95. The Balaban J connectivity index is 1.96. The third kappa shape index (κ3) is 3.74. The molecule has 1 aromatic carbocycles. The number of rotatable bonds is 6. The molecule has 1 aromatic heterocycles. The highest BCUT2D eigenvalue weighted by Crippen LogP contribution is 2.26. The summed E-state index contributed by atoms with van der Waals surface area (Å²) in [5.41, 5.74) is 2.90. The third-order valence-corrected chi connectivity index (χ3v) is 3.55. The van der Waals surface area contributed by atoms with E-state index < -0.39 is 0 Å². The Morgan fingerprint density at radius 2 is 1.95 bits per heavy atom. The first-order valence-corrected chi connectivity index (χ1v) is 7.02. The van der Waals surface area contributed by atoms with Crippen molar-refractivity contribution in [1.29, 1.82) is 0 Å². The zero-order chi connectivity index (χ0) is 14.5. The molecule has 0 fully saturated rings. The molecule has 0 atom stereocenters. The van der Waals surface area contributed by atoms with Gasteiger partial charge in [0, 0.05) is 17.6 Å². The van der Waals surface area contributed by atoms with Crippen LogP contribution in [-0.4, -0.2) is 11.7 Å². The highest BCUT2D eigenvalue weighted by Gasteiger charge is 2.07. The van der Waals surface area contributed by atoms with Crippen molar-refractivity contribution in [3.63, 3.8) is 0 Å². The Morgan fingerprint density at radius 1 is 1.25 bits per heavy atom. The van der Waals surface area contributed by atoms with Gasteiger partial charge in [0.1, 0.15) is 12.4 Å². The summed E-state index contributed by atoms with van der Waals surface area (Å²) in [4.78, 5) is 0. The number of hydrogen-bond acceptors (Lipinski definition) is 4. The Kier molecular flexibility index (Phi) is 5.04. The molecule has 0 saturated heterocycles. The van der Waals surface area contributed by atoms with Gasteiger partial charge in [0.15, 0.2) is 5.76 Å². The standard InChI is InChI=1S/C15H19ClN2O2/c1-4-17-8-12-7-14(20-18-12)9-19-13-5-10(2)15(16)11(3)6-13/h5-7,17H,4,8-9H2,1-3H3. The number of aromatic nitrogens is 1. The molecular weight excluding hydrogens is 276 g/mol. The fourth-order valence-corrected chi connectivity index (χ4v) is 2.01. The molecule has 2 rings (SSSR count). The summed E-state index contributed by atoms with van der Waals surface area (Å²) in [6.07, 6.45) is 0. The van der Waals surface area contributed by atoms with Gasteiger partial charge in [-0.2, -0.15) is 0 Å². The average Bonchev–Trinajstić information content (AvgIpc) is 2.88. The lowest BCUT2D eigenvalue weighted by atomic mass is 10.1. The van der Waals surface area contributed by atoms with E-state index in [2.05, 4.69) is 17.4 Å². The zero-order valence-electron chi connectivity index (χ0n) is 12.0. The average molecular weight is 295 g/mol. The second-order valence-electron chi connectivity index (χ2n) is 4.72. The molecule has 0 radical (unpaired) electrons. The van der Waals surface area contributed by atoms with E-state index in [1.54, 1.807) is 0 Å². The Morgan fingerprint density at radius 3 is 2.60 bits per heavy atom. The van der Waals surface area contributed by atoms with Crippen molar-refractivity contribution < 1.29 is 9.26 Å². The van der Waals surface area contributed by atoms with Gasteiger partial charge in [-0.1, -0.05) is 23.7 Å². The summed E-state index contributed by atoms with van der Waals surface area (Å²) < 4.78 is 10.9. The number of halogens is 1.